The summed E-state index contributed by atoms with van der Waals surface area (Å²) in [5.41, 5.74) is 6.25. The van der Waals surface area contributed by atoms with Gasteiger partial charge in [-0.15, -0.1) is 0 Å². The van der Waals surface area contributed by atoms with Gasteiger partial charge in [0, 0.05) is 10.9 Å². The Labute approximate surface area is 111 Å². The summed E-state index contributed by atoms with van der Waals surface area (Å²) in [4.78, 5) is 12.6. The molecule has 1 aromatic heterocycles. The largest absolute Gasteiger partial charge is 0.276 e. The van der Waals surface area contributed by atoms with Crippen LogP contribution in [0.2, 0.25) is 0 Å². The van der Waals surface area contributed by atoms with E-state index in [2.05, 4.69) is 25.1 Å². The third-order valence-corrected chi connectivity index (χ3v) is 3.88. The number of aryl methyl sites for hydroxylation is 2. The number of carbonyl (C=O) groups is 1. The van der Waals surface area contributed by atoms with E-state index in [0.29, 0.717) is 0 Å². The molecule has 0 radical (unpaired) electrons. The lowest BCUT2D eigenvalue weighted by Gasteiger charge is -2.04. The van der Waals surface area contributed by atoms with Gasteiger partial charge in [0.2, 0.25) is 0 Å². The van der Waals surface area contributed by atoms with E-state index in [1.165, 1.54) is 5.56 Å². The molecule has 1 aliphatic rings. The molecular weight excluding hydrogens is 234 g/mol. The van der Waals surface area contributed by atoms with Crippen LogP contribution < -0.4 is 0 Å². The Bertz CT molecular complexity index is 855. The SMILES string of the molecule is Cc1cc(C)c2c(c1)C(=O)n1c-2cc2ccccc21. The number of benzene rings is 2. The number of carbonyl (C=O) groups excluding carboxylic acids is 1. The van der Waals surface area contributed by atoms with Gasteiger partial charge in [-0.2, -0.15) is 0 Å². The van der Waals surface area contributed by atoms with Crippen molar-refractivity contribution in [3.63, 3.8) is 0 Å². The molecule has 92 valence electrons. The van der Waals surface area contributed by atoms with Gasteiger partial charge in [0.15, 0.2) is 0 Å². The summed E-state index contributed by atoms with van der Waals surface area (Å²) < 4.78 is 1.84. The smallest absolute Gasteiger partial charge is 0.263 e. The second-order valence-electron chi connectivity index (χ2n) is 5.23. The van der Waals surface area contributed by atoms with Crippen molar-refractivity contribution in [2.24, 2.45) is 0 Å². The molecule has 2 heterocycles. The molecule has 2 aromatic carbocycles. The van der Waals surface area contributed by atoms with E-state index in [9.17, 15) is 4.79 Å². The highest BCUT2D eigenvalue weighted by molar-refractivity contribution is 6.15. The third kappa shape index (κ3) is 1.23. The highest BCUT2D eigenvalue weighted by atomic mass is 16.2. The average Bonchev–Trinajstić information content (AvgIpc) is 2.86. The van der Waals surface area contributed by atoms with E-state index < -0.39 is 0 Å². The van der Waals surface area contributed by atoms with Crippen molar-refractivity contribution in [3.8, 4) is 11.3 Å². The number of hydrogen-bond donors (Lipinski definition) is 0. The second kappa shape index (κ2) is 3.35. The molecule has 0 aliphatic carbocycles. The number of fused-ring (bicyclic) bond motifs is 5. The lowest BCUT2D eigenvalue weighted by molar-refractivity contribution is 0.0973. The lowest BCUT2D eigenvalue weighted by Crippen LogP contribution is -2.05. The minimum absolute atomic E-state index is 0.0954. The van der Waals surface area contributed by atoms with Gasteiger partial charge in [-0.25, -0.2) is 0 Å². The molecule has 3 aromatic rings. The van der Waals surface area contributed by atoms with Crippen molar-refractivity contribution in [1.82, 2.24) is 4.57 Å². The van der Waals surface area contributed by atoms with Gasteiger partial charge < -0.3 is 0 Å². The molecule has 0 saturated heterocycles. The normalized spacial score (nSPS) is 12.8. The highest BCUT2D eigenvalue weighted by Gasteiger charge is 2.29. The summed E-state index contributed by atoms with van der Waals surface area (Å²) in [6, 6.07) is 14.3. The zero-order valence-corrected chi connectivity index (χ0v) is 10.9. The van der Waals surface area contributed by atoms with Crippen molar-refractivity contribution in [2.75, 3.05) is 0 Å². The molecule has 0 spiro atoms. The first-order valence-corrected chi connectivity index (χ1v) is 6.43. The van der Waals surface area contributed by atoms with Crippen LogP contribution in [-0.4, -0.2) is 10.5 Å². The first kappa shape index (κ1) is 10.6. The molecule has 2 heteroatoms. The molecule has 0 amide bonds. The van der Waals surface area contributed by atoms with E-state index in [1.807, 2.05) is 35.8 Å². The Morgan fingerprint density at radius 3 is 2.63 bits per heavy atom. The first-order valence-electron chi connectivity index (χ1n) is 6.43. The quantitative estimate of drug-likeness (QED) is 0.461. The molecule has 4 rings (SSSR count). The Morgan fingerprint density at radius 1 is 1.00 bits per heavy atom. The standard InChI is InChI=1S/C17H13NO/c1-10-7-11(2)16-13(8-10)17(19)18-14-6-4-3-5-12(14)9-15(16)18/h3-9H,1-2H3. The summed E-state index contributed by atoms with van der Waals surface area (Å²) in [6.45, 7) is 4.11. The van der Waals surface area contributed by atoms with Crippen molar-refractivity contribution in [3.05, 3.63) is 59.2 Å². The van der Waals surface area contributed by atoms with Gasteiger partial charge in [0.1, 0.15) is 0 Å². The van der Waals surface area contributed by atoms with Gasteiger partial charge in [-0.3, -0.25) is 9.36 Å². The van der Waals surface area contributed by atoms with Crippen LogP contribution in [0.5, 0.6) is 0 Å². The molecular formula is C17H13NO. The maximum absolute atomic E-state index is 12.6. The van der Waals surface area contributed by atoms with Gasteiger partial charge in [-0.1, -0.05) is 29.8 Å². The maximum Gasteiger partial charge on any atom is 0.263 e. The zero-order valence-electron chi connectivity index (χ0n) is 10.9. The minimum atomic E-state index is 0.0954. The van der Waals surface area contributed by atoms with Crippen LogP contribution in [0.15, 0.2) is 42.5 Å². The van der Waals surface area contributed by atoms with Crippen LogP contribution in [0.25, 0.3) is 22.2 Å². The fourth-order valence-electron chi connectivity index (χ4n) is 3.15. The Morgan fingerprint density at radius 2 is 1.79 bits per heavy atom. The van der Waals surface area contributed by atoms with Gasteiger partial charge in [0.05, 0.1) is 16.8 Å². The minimum Gasteiger partial charge on any atom is -0.276 e. The van der Waals surface area contributed by atoms with Crippen molar-refractivity contribution in [2.45, 2.75) is 13.8 Å². The average molecular weight is 247 g/mol. The summed E-state index contributed by atoms with van der Waals surface area (Å²) in [5, 5.41) is 1.12. The zero-order chi connectivity index (χ0) is 13.1. The lowest BCUT2D eigenvalue weighted by atomic mass is 9.98. The van der Waals surface area contributed by atoms with E-state index >= 15 is 0 Å². The number of hydrogen-bond acceptors (Lipinski definition) is 1. The maximum atomic E-state index is 12.6. The molecule has 1 aliphatic heterocycles. The van der Waals surface area contributed by atoms with Crippen LogP contribution in [0, 0.1) is 13.8 Å². The summed E-state index contributed by atoms with van der Waals surface area (Å²) in [6.07, 6.45) is 0. The predicted octanol–water partition coefficient (Wildman–Crippen LogP) is 3.93. The fraction of sp³-hybridized carbons (Fsp3) is 0.118. The first-order chi connectivity index (χ1) is 9.16. The highest BCUT2D eigenvalue weighted by Crippen LogP contribution is 2.39. The van der Waals surface area contributed by atoms with Gasteiger partial charge in [0.25, 0.3) is 5.91 Å². The molecule has 0 bridgehead atoms. The third-order valence-electron chi connectivity index (χ3n) is 3.88. The molecule has 0 fully saturated rings. The van der Waals surface area contributed by atoms with E-state index in [-0.39, 0.29) is 5.91 Å². The Balaban J connectivity index is 2.17. The predicted molar refractivity (Wildman–Crippen MR) is 76.6 cm³/mol. The molecule has 0 unspecified atom stereocenters. The van der Waals surface area contributed by atoms with Crippen LogP contribution in [-0.2, 0) is 0 Å². The van der Waals surface area contributed by atoms with E-state index in [0.717, 1.165) is 33.3 Å². The van der Waals surface area contributed by atoms with Crippen molar-refractivity contribution in [1.29, 1.82) is 0 Å². The number of rotatable bonds is 0. The van der Waals surface area contributed by atoms with Gasteiger partial charge in [-0.05, 0) is 37.6 Å². The Hall–Kier alpha value is -2.35. The second-order valence-corrected chi connectivity index (χ2v) is 5.23. The number of nitrogens with zero attached hydrogens (tertiary/aromatic N) is 1. The molecule has 0 atom stereocenters. The van der Waals surface area contributed by atoms with Crippen LogP contribution in [0.3, 0.4) is 0 Å². The summed E-state index contributed by atoms with van der Waals surface area (Å²) in [7, 11) is 0. The Kier molecular flexibility index (Phi) is 1.86. The monoisotopic (exact) mass is 247 g/mol. The van der Waals surface area contributed by atoms with Crippen molar-refractivity contribution >= 4 is 16.8 Å². The van der Waals surface area contributed by atoms with Crippen molar-refractivity contribution < 1.29 is 4.79 Å². The molecule has 0 saturated carbocycles. The molecule has 0 N–H and O–H groups in total. The molecule has 2 nitrogen and oxygen atoms in total. The van der Waals surface area contributed by atoms with Gasteiger partial charge >= 0.3 is 0 Å². The van der Waals surface area contributed by atoms with Crippen LogP contribution >= 0.6 is 0 Å². The topological polar surface area (TPSA) is 22.0 Å². The van der Waals surface area contributed by atoms with E-state index in [4.69, 9.17) is 0 Å². The summed E-state index contributed by atoms with van der Waals surface area (Å²) >= 11 is 0. The molecule has 19 heavy (non-hydrogen) atoms. The fourth-order valence-corrected chi connectivity index (χ4v) is 3.15. The van der Waals surface area contributed by atoms with Crippen LogP contribution in [0.4, 0.5) is 0 Å². The number of aromatic nitrogens is 1. The van der Waals surface area contributed by atoms with E-state index in [1.54, 1.807) is 0 Å². The number of para-hydroxylation sites is 1. The summed E-state index contributed by atoms with van der Waals surface area (Å²) in [5.74, 6) is 0.0954. The van der Waals surface area contributed by atoms with Crippen LogP contribution in [0.1, 0.15) is 21.5 Å².